The lowest BCUT2D eigenvalue weighted by molar-refractivity contribution is -0.268. The van der Waals surface area contributed by atoms with Crippen LogP contribution in [0.3, 0.4) is 0 Å². The van der Waals surface area contributed by atoms with Gasteiger partial charge in [0.25, 0.3) is 0 Å². The first kappa shape index (κ1) is 11.9. The average molecular weight is 287 g/mol. The average Bonchev–Trinajstić information content (AvgIpc) is 2.24. The molecule has 1 aromatic rings. The Kier molecular flexibility index (Phi) is 3.52. The van der Waals surface area contributed by atoms with Crippen LogP contribution in [0.25, 0.3) is 0 Å². The van der Waals surface area contributed by atoms with Crippen molar-refractivity contribution in [2.75, 3.05) is 13.2 Å². The van der Waals surface area contributed by atoms with Gasteiger partial charge in [0.2, 0.25) is 0 Å². The van der Waals surface area contributed by atoms with Gasteiger partial charge in [-0.1, -0.05) is 15.9 Å². The summed E-state index contributed by atoms with van der Waals surface area (Å²) in [7, 11) is 0. The van der Waals surface area contributed by atoms with E-state index < -0.39 is 5.79 Å². The molecule has 0 spiro atoms. The van der Waals surface area contributed by atoms with Crippen molar-refractivity contribution in [2.24, 2.45) is 0 Å². The Morgan fingerprint density at radius 3 is 2.31 bits per heavy atom. The summed E-state index contributed by atoms with van der Waals surface area (Å²) in [5, 5.41) is 0. The molecule has 88 valence electrons. The summed E-state index contributed by atoms with van der Waals surface area (Å²) in [6.45, 7) is 4.93. The van der Waals surface area contributed by atoms with Crippen LogP contribution in [-0.4, -0.2) is 25.1 Å². The molecule has 0 unspecified atom stereocenters. The van der Waals surface area contributed by atoms with Crippen molar-refractivity contribution in [3.05, 3.63) is 28.7 Å². The summed E-state index contributed by atoms with van der Waals surface area (Å²) in [6.07, 6.45) is -0.0331. The lowest BCUT2D eigenvalue weighted by Crippen LogP contribution is -2.44. The molecule has 1 heterocycles. The Morgan fingerprint density at radius 1 is 1.19 bits per heavy atom. The molecule has 0 saturated carbocycles. The number of rotatable bonds is 2. The van der Waals surface area contributed by atoms with Crippen LogP contribution >= 0.6 is 15.9 Å². The van der Waals surface area contributed by atoms with Gasteiger partial charge in [0, 0.05) is 4.47 Å². The summed E-state index contributed by atoms with van der Waals surface area (Å²) < 4.78 is 17.8. The van der Waals surface area contributed by atoms with E-state index in [-0.39, 0.29) is 6.10 Å². The van der Waals surface area contributed by atoms with Gasteiger partial charge in [-0.25, -0.2) is 0 Å². The third-order valence-electron chi connectivity index (χ3n) is 2.35. The molecule has 0 radical (unpaired) electrons. The van der Waals surface area contributed by atoms with E-state index in [2.05, 4.69) is 15.9 Å². The Bertz CT molecular complexity index is 338. The standard InChI is InChI=1S/C12H15BrO3/c1-12(2)14-7-11(8-15-12)16-10-5-3-9(13)4-6-10/h3-6,11H,7-8H2,1-2H3. The third-order valence-corrected chi connectivity index (χ3v) is 2.88. The fourth-order valence-corrected chi connectivity index (χ4v) is 1.72. The highest BCUT2D eigenvalue weighted by molar-refractivity contribution is 9.10. The van der Waals surface area contributed by atoms with Gasteiger partial charge in [-0.3, -0.25) is 0 Å². The predicted molar refractivity (Wildman–Crippen MR) is 64.5 cm³/mol. The molecule has 1 fully saturated rings. The molecule has 0 aliphatic carbocycles. The smallest absolute Gasteiger partial charge is 0.163 e. The number of halogens is 1. The van der Waals surface area contributed by atoms with Crippen LogP contribution < -0.4 is 4.74 Å². The van der Waals surface area contributed by atoms with Gasteiger partial charge in [0.05, 0.1) is 13.2 Å². The highest BCUT2D eigenvalue weighted by atomic mass is 79.9. The van der Waals surface area contributed by atoms with Crippen LogP contribution in [0.5, 0.6) is 5.75 Å². The Labute approximate surface area is 104 Å². The zero-order chi connectivity index (χ0) is 11.6. The normalized spacial score (nSPS) is 20.7. The molecular formula is C12H15BrO3. The molecule has 2 rings (SSSR count). The maximum Gasteiger partial charge on any atom is 0.163 e. The molecule has 3 nitrogen and oxygen atoms in total. The lowest BCUT2D eigenvalue weighted by atomic mass is 10.3. The zero-order valence-corrected chi connectivity index (χ0v) is 11.0. The largest absolute Gasteiger partial charge is 0.486 e. The van der Waals surface area contributed by atoms with Gasteiger partial charge in [-0.05, 0) is 38.1 Å². The van der Waals surface area contributed by atoms with E-state index in [4.69, 9.17) is 14.2 Å². The minimum atomic E-state index is -0.487. The van der Waals surface area contributed by atoms with Crippen LogP contribution in [0.1, 0.15) is 13.8 Å². The minimum Gasteiger partial charge on any atom is -0.486 e. The minimum absolute atomic E-state index is 0.0331. The van der Waals surface area contributed by atoms with E-state index in [0.29, 0.717) is 13.2 Å². The molecule has 0 atom stereocenters. The van der Waals surface area contributed by atoms with Gasteiger partial charge >= 0.3 is 0 Å². The van der Waals surface area contributed by atoms with Crippen molar-refractivity contribution in [1.82, 2.24) is 0 Å². The van der Waals surface area contributed by atoms with E-state index in [9.17, 15) is 0 Å². The van der Waals surface area contributed by atoms with E-state index in [1.54, 1.807) is 0 Å². The molecule has 1 aliphatic heterocycles. The summed E-state index contributed by atoms with van der Waals surface area (Å²) in [6, 6.07) is 7.74. The first-order chi connectivity index (χ1) is 7.55. The Hall–Kier alpha value is -0.580. The Morgan fingerprint density at radius 2 is 1.75 bits per heavy atom. The van der Waals surface area contributed by atoms with Crippen molar-refractivity contribution in [3.8, 4) is 5.75 Å². The molecule has 0 aromatic heterocycles. The van der Waals surface area contributed by atoms with E-state index in [0.717, 1.165) is 10.2 Å². The molecule has 1 aliphatic rings. The molecule has 4 heteroatoms. The molecule has 1 aromatic carbocycles. The molecule has 0 N–H and O–H groups in total. The molecular weight excluding hydrogens is 272 g/mol. The maximum absolute atomic E-state index is 5.73. The fourth-order valence-electron chi connectivity index (χ4n) is 1.45. The van der Waals surface area contributed by atoms with E-state index in [1.165, 1.54) is 0 Å². The monoisotopic (exact) mass is 286 g/mol. The van der Waals surface area contributed by atoms with Crippen molar-refractivity contribution < 1.29 is 14.2 Å². The van der Waals surface area contributed by atoms with Crippen LogP contribution in [-0.2, 0) is 9.47 Å². The highest BCUT2D eigenvalue weighted by Gasteiger charge is 2.29. The van der Waals surface area contributed by atoms with Crippen molar-refractivity contribution in [3.63, 3.8) is 0 Å². The molecule has 1 saturated heterocycles. The summed E-state index contributed by atoms with van der Waals surface area (Å²) in [4.78, 5) is 0. The van der Waals surface area contributed by atoms with Crippen LogP contribution in [0.2, 0.25) is 0 Å². The Balaban J connectivity index is 1.89. The summed E-state index contributed by atoms with van der Waals surface area (Å²) in [5.74, 6) is 0.347. The molecule has 0 amide bonds. The maximum atomic E-state index is 5.73. The number of hydrogen-bond donors (Lipinski definition) is 0. The van der Waals surface area contributed by atoms with E-state index in [1.807, 2.05) is 38.1 Å². The second-order valence-corrected chi connectivity index (χ2v) is 5.13. The van der Waals surface area contributed by atoms with Crippen molar-refractivity contribution >= 4 is 15.9 Å². The number of ether oxygens (including phenoxy) is 3. The second-order valence-electron chi connectivity index (χ2n) is 4.22. The molecule has 16 heavy (non-hydrogen) atoms. The van der Waals surface area contributed by atoms with Gasteiger partial charge in [-0.15, -0.1) is 0 Å². The topological polar surface area (TPSA) is 27.7 Å². The number of benzene rings is 1. The summed E-state index contributed by atoms with van der Waals surface area (Å²) in [5.41, 5.74) is 0. The molecule has 0 bridgehead atoms. The van der Waals surface area contributed by atoms with Gasteiger partial charge in [-0.2, -0.15) is 0 Å². The predicted octanol–water partition coefficient (Wildman–Crippen LogP) is 2.98. The third kappa shape index (κ3) is 3.20. The van der Waals surface area contributed by atoms with Crippen LogP contribution in [0, 0.1) is 0 Å². The van der Waals surface area contributed by atoms with Gasteiger partial charge in [0.1, 0.15) is 11.9 Å². The lowest BCUT2D eigenvalue weighted by Gasteiger charge is -2.34. The van der Waals surface area contributed by atoms with Gasteiger partial charge in [0.15, 0.2) is 5.79 Å². The zero-order valence-electron chi connectivity index (χ0n) is 9.40. The second kappa shape index (κ2) is 4.73. The quantitative estimate of drug-likeness (QED) is 0.837. The first-order valence-corrected chi connectivity index (χ1v) is 6.05. The van der Waals surface area contributed by atoms with Crippen LogP contribution in [0.15, 0.2) is 28.7 Å². The van der Waals surface area contributed by atoms with Crippen molar-refractivity contribution in [2.45, 2.75) is 25.7 Å². The highest BCUT2D eigenvalue weighted by Crippen LogP contribution is 2.22. The number of hydrogen-bond acceptors (Lipinski definition) is 3. The van der Waals surface area contributed by atoms with E-state index >= 15 is 0 Å². The first-order valence-electron chi connectivity index (χ1n) is 5.25. The van der Waals surface area contributed by atoms with Gasteiger partial charge < -0.3 is 14.2 Å². The fraction of sp³-hybridized carbons (Fsp3) is 0.500. The van der Waals surface area contributed by atoms with Crippen molar-refractivity contribution in [1.29, 1.82) is 0 Å². The van der Waals surface area contributed by atoms with Crippen LogP contribution in [0.4, 0.5) is 0 Å². The SMILES string of the molecule is CC1(C)OCC(Oc2ccc(Br)cc2)CO1. The summed E-state index contributed by atoms with van der Waals surface area (Å²) >= 11 is 3.38.